The fraction of sp³-hybridized carbons (Fsp3) is 0.455. The molecular weight excluding hydrogens is 281 g/mol. The van der Waals surface area contributed by atoms with E-state index in [0.717, 1.165) is 12.1 Å². The Hall–Kier alpha value is -1.44. The van der Waals surface area contributed by atoms with E-state index in [2.05, 4.69) is 10.6 Å². The van der Waals surface area contributed by atoms with Crippen molar-refractivity contribution in [3.05, 3.63) is 18.2 Å². The number of hydrogen-bond acceptors (Lipinski definition) is 4. The Morgan fingerprint density at radius 1 is 1.05 bits per heavy atom. The number of halogens is 3. The van der Waals surface area contributed by atoms with Crippen molar-refractivity contribution in [3.63, 3.8) is 0 Å². The average molecular weight is 296 g/mol. The van der Waals surface area contributed by atoms with Crippen LogP contribution in [0, 0.1) is 0 Å². The molecule has 0 heterocycles. The lowest BCUT2D eigenvalue weighted by Gasteiger charge is -2.14. The summed E-state index contributed by atoms with van der Waals surface area (Å²) in [5.41, 5.74) is -4.41. The Morgan fingerprint density at radius 3 is 2.05 bits per heavy atom. The molecule has 108 valence electrons. The van der Waals surface area contributed by atoms with Gasteiger partial charge in [0.05, 0.1) is 16.3 Å². The smallest absolute Gasteiger partial charge is 0.384 e. The Kier molecular flexibility index (Phi) is 4.67. The Morgan fingerprint density at radius 2 is 1.58 bits per heavy atom. The number of alkyl halides is 3. The Bertz CT molecular complexity index is 541. The monoisotopic (exact) mass is 296 g/mol. The summed E-state index contributed by atoms with van der Waals surface area (Å²) in [6.07, 6.45) is 0. The molecule has 0 aliphatic rings. The molecule has 0 saturated carbocycles. The molecule has 0 fully saturated rings. The summed E-state index contributed by atoms with van der Waals surface area (Å²) in [5.74, 6) is 0. The summed E-state index contributed by atoms with van der Waals surface area (Å²) >= 11 is 0. The zero-order valence-corrected chi connectivity index (χ0v) is 11.3. The van der Waals surface area contributed by atoms with Gasteiger partial charge in [-0.25, -0.2) is 8.42 Å². The quantitative estimate of drug-likeness (QED) is 0.877. The van der Waals surface area contributed by atoms with Gasteiger partial charge in [0.1, 0.15) is 0 Å². The van der Waals surface area contributed by atoms with E-state index in [4.69, 9.17) is 0 Å². The van der Waals surface area contributed by atoms with Crippen LogP contribution in [0.2, 0.25) is 0 Å². The minimum absolute atomic E-state index is 0.328. The maximum Gasteiger partial charge on any atom is 0.501 e. The van der Waals surface area contributed by atoms with Gasteiger partial charge in [-0.1, -0.05) is 0 Å². The van der Waals surface area contributed by atoms with Crippen LogP contribution in [0.1, 0.15) is 13.8 Å². The van der Waals surface area contributed by atoms with Crippen LogP contribution in [0.3, 0.4) is 0 Å². The van der Waals surface area contributed by atoms with Crippen molar-refractivity contribution in [1.29, 1.82) is 0 Å². The molecule has 1 aromatic carbocycles. The highest BCUT2D eigenvalue weighted by Crippen LogP contribution is 2.33. The summed E-state index contributed by atoms with van der Waals surface area (Å²) in [5, 5.41) is 5.77. The molecular formula is C11H15F3N2O2S. The zero-order valence-electron chi connectivity index (χ0n) is 10.5. The Labute approximate surface area is 109 Å². The average Bonchev–Trinajstić information content (AvgIpc) is 2.30. The van der Waals surface area contributed by atoms with Crippen molar-refractivity contribution < 1.29 is 21.6 Å². The van der Waals surface area contributed by atoms with E-state index in [1.807, 2.05) is 6.92 Å². The van der Waals surface area contributed by atoms with Gasteiger partial charge in [-0.15, -0.1) is 0 Å². The van der Waals surface area contributed by atoms with E-state index in [0.29, 0.717) is 24.5 Å². The zero-order chi connectivity index (χ0) is 14.7. The van der Waals surface area contributed by atoms with E-state index in [1.165, 1.54) is 6.07 Å². The first-order valence-electron chi connectivity index (χ1n) is 5.67. The predicted octanol–water partition coefficient (Wildman–Crippen LogP) is 2.84. The SMILES string of the molecule is CCNc1ccc(S(=O)(=O)C(F)(F)F)cc1NCC. The molecule has 0 radical (unpaired) electrons. The first-order chi connectivity index (χ1) is 8.74. The number of rotatable bonds is 5. The predicted molar refractivity (Wildman–Crippen MR) is 68.0 cm³/mol. The number of anilines is 2. The topological polar surface area (TPSA) is 58.2 Å². The lowest BCUT2D eigenvalue weighted by molar-refractivity contribution is -0.0435. The fourth-order valence-electron chi connectivity index (χ4n) is 1.51. The van der Waals surface area contributed by atoms with Crippen LogP contribution in [0.5, 0.6) is 0 Å². The third kappa shape index (κ3) is 3.31. The second kappa shape index (κ2) is 5.68. The van der Waals surface area contributed by atoms with Crippen LogP contribution in [-0.4, -0.2) is 27.0 Å². The maximum absolute atomic E-state index is 12.5. The molecule has 0 aliphatic heterocycles. The van der Waals surface area contributed by atoms with Gasteiger partial charge >= 0.3 is 5.51 Å². The van der Waals surface area contributed by atoms with Gasteiger partial charge < -0.3 is 10.6 Å². The normalized spacial score (nSPS) is 12.3. The van der Waals surface area contributed by atoms with Gasteiger partial charge in [-0.2, -0.15) is 13.2 Å². The second-order valence-corrected chi connectivity index (χ2v) is 5.66. The first-order valence-corrected chi connectivity index (χ1v) is 7.15. The number of nitrogens with one attached hydrogen (secondary N) is 2. The van der Waals surface area contributed by atoms with E-state index in [1.54, 1.807) is 6.92 Å². The van der Waals surface area contributed by atoms with Gasteiger partial charge in [0.15, 0.2) is 0 Å². The van der Waals surface area contributed by atoms with E-state index < -0.39 is 20.2 Å². The van der Waals surface area contributed by atoms with Gasteiger partial charge in [0, 0.05) is 13.1 Å². The fourth-order valence-corrected chi connectivity index (χ4v) is 2.29. The van der Waals surface area contributed by atoms with E-state index in [9.17, 15) is 21.6 Å². The molecule has 8 heteroatoms. The van der Waals surface area contributed by atoms with Crippen LogP contribution >= 0.6 is 0 Å². The van der Waals surface area contributed by atoms with E-state index in [-0.39, 0.29) is 0 Å². The largest absolute Gasteiger partial charge is 0.501 e. The maximum atomic E-state index is 12.5. The summed E-state index contributed by atoms with van der Waals surface area (Å²) in [6.45, 7) is 4.63. The van der Waals surface area contributed by atoms with E-state index >= 15 is 0 Å². The molecule has 1 rings (SSSR count). The van der Waals surface area contributed by atoms with Crippen molar-refractivity contribution in [3.8, 4) is 0 Å². The molecule has 0 aromatic heterocycles. The molecule has 19 heavy (non-hydrogen) atoms. The summed E-state index contributed by atoms with van der Waals surface area (Å²) in [6, 6.07) is 3.26. The molecule has 4 nitrogen and oxygen atoms in total. The minimum Gasteiger partial charge on any atom is -0.384 e. The number of hydrogen-bond donors (Lipinski definition) is 2. The summed E-state index contributed by atoms with van der Waals surface area (Å²) in [4.78, 5) is -0.766. The van der Waals surface area contributed by atoms with Crippen molar-refractivity contribution >= 4 is 21.2 Å². The summed E-state index contributed by atoms with van der Waals surface area (Å²) in [7, 11) is -5.32. The third-order valence-corrected chi connectivity index (χ3v) is 3.82. The van der Waals surface area contributed by atoms with Crippen molar-refractivity contribution in [2.75, 3.05) is 23.7 Å². The molecule has 0 spiro atoms. The van der Waals surface area contributed by atoms with Crippen molar-refractivity contribution in [2.24, 2.45) is 0 Å². The molecule has 0 bridgehead atoms. The van der Waals surface area contributed by atoms with Crippen LogP contribution in [0.25, 0.3) is 0 Å². The molecule has 1 aromatic rings. The molecule has 0 saturated heterocycles. The molecule has 2 N–H and O–H groups in total. The molecule has 0 amide bonds. The molecule has 0 unspecified atom stereocenters. The van der Waals surface area contributed by atoms with Crippen LogP contribution in [0.15, 0.2) is 23.1 Å². The second-order valence-electron chi connectivity index (χ2n) is 3.72. The van der Waals surface area contributed by atoms with Gasteiger partial charge in [0.2, 0.25) is 0 Å². The number of sulfone groups is 1. The van der Waals surface area contributed by atoms with Crippen LogP contribution < -0.4 is 10.6 Å². The van der Waals surface area contributed by atoms with Crippen molar-refractivity contribution in [1.82, 2.24) is 0 Å². The summed E-state index contributed by atoms with van der Waals surface area (Å²) < 4.78 is 60.0. The van der Waals surface area contributed by atoms with Gasteiger partial charge in [0.25, 0.3) is 9.84 Å². The van der Waals surface area contributed by atoms with Crippen molar-refractivity contribution in [2.45, 2.75) is 24.3 Å². The minimum atomic E-state index is -5.32. The standard InChI is InChI=1S/C11H15F3N2O2S/c1-3-15-9-6-5-8(7-10(9)16-4-2)19(17,18)11(12,13)14/h5-7,15-16H,3-4H2,1-2H3. The van der Waals surface area contributed by atoms with Crippen LogP contribution in [-0.2, 0) is 9.84 Å². The van der Waals surface area contributed by atoms with Gasteiger partial charge in [-0.05, 0) is 32.0 Å². The first kappa shape index (κ1) is 15.6. The third-order valence-electron chi connectivity index (χ3n) is 2.34. The lowest BCUT2D eigenvalue weighted by atomic mass is 10.2. The number of benzene rings is 1. The molecule has 0 atom stereocenters. The van der Waals surface area contributed by atoms with Crippen LogP contribution in [0.4, 0.5) is 24.5 Å². The lowest BCUT2D eigenvalue weighted by Crippen LogP contribution is -2.23. The molecule has 0 aliphatic carbocycles. The highest BCUT2D eigenvalue weighted by atomic mass is 32.2. The Balaban J connectivity index is 3.30. The van der Waals surface area contributed by atoms with Gasteiger partial charge in [-0.3, -0.25) is 0 Å². The highest BCUT2D eigenvalue weighted by molar-refractivity contribution is 7.92. The highest BCUT2D eigenvalue weighted by Gasteiger charge is 2.47.